The lowest BCUT2D eigenvalue weighted by molar-refractivity contribution is 0.114. The number of hydrogen-bond donors (Lipinski definition) is 3. The topological polar surface area (TPSA) is 89.1 Å². The van der Waals surface area contributed by atoms with Crippen LogP contribution in [0.1, 0.15) is 18.9 Å². The van der Waals surface area contributed by atoms with Crippen LogP contribution in [-0.4, -0.2) is 50.1 Å². The summed E-state index contributed by atoms with van der Waals surface area (Å²) in [7, 11) is 0. The third-order valence-electron chi connectivity index (χ3n) is 2.88. The molecule has 0 aromatic heterocycles. The lowest BCUT2D eigenvalue weighted by Crippen LogP contribution is -2.34. The van der Waals surface area contributed by atoms with Gasteiger partial charge in [0.2, 0.25) is 0 Å². The molecule has 0 spiro atoms. The molecule has 4 N–H and O–H groups in total. The Morgan fingerprint density at radius 1 is 1.43 bits per heavy atom. The number of rotatable bonds is 10. The fourth-order valence-electron chi connectivity index (χ4n) is 1.74. The summed E-state index contributed by atoms with van der Waals surface area (Å²) in [6.45, 7) is 6.46. The minimum absolute atomic E-state index is 0. The average molecular weight is 437 g/mol. The highest BCUT2D eigenvalue weighted by Crippen LogP contribution is 2.12. The number of aryl methyl sites for hydroxylation is 1. The predicted molar refractivity (Wildman–Crippen MR) is 104 cm³/mol. The summed E-state index contributed by atoms with van der Waals surface area (Å²) in [6.07, 6.45) is 0.174. The molecule has 0 amide bonds. The Hall–Kier alpha value is -1.06. The van der Waals surface area contributed by atoms with Crippen molar-refractivity contribution < 1.29 is 14.6 Å². The van der Waals surface area contributed by atoms with Crippen LogP contribution in [0.15, 0.2) is 29.3 Å². The Morgan fingerprint density at radius 2 is 2.22 bits per heavy atom. The molecule has 7 heteroatoms. The SMILES string of the molecule is CCOCCCNC(N)=NCC(O)COc1cccc(C)c1.I. The van der Waals surface area contributed by atoms with E-state index in [0.717, 1.165) is 24.3 Å². The smallest absolute Gasteiger partial charge is 0.188 e. The van der Waals surface area contributed by atoms with Gasteiger partial charge in [0.1, 0.15) is 18.5 Å². The molecule has 1 aromatic carbocycles. The van der Waals surface area contributed by atoms with E-state index in [1.165, 1.54) is 0 Å². The maximum atomic E-state index is 9.83. The third kappa shape index (κ3) is 11.2. The van der Waals surface area contributed by atoms with Gasteiger partial charge < -0.3 is 25.6 Å². The normalized spacial score (nSPS) is 12.4. The highest BCUT2D eigenvalue weighted by Gasteiger charge is 2.05. The minimum atomic E-state index is -0.690. The number of guanidine groups is 1. The molecule has 1 rings (SSSR count). The number of benzene rings is 1. The molecule has 0 bridgehead atoms. The number of nitrogens with one attached hydrogen (secondary N) is 1. The molecule has 1 unspecified atom stereocenters. The lowest BCUT2D eigenvalue weighted by Gasteiger charge is -2.11. The summed E-state index contributed by atoms with van der Waals surface area (Å²) < 4.78 is 10.7. The summed E-state index contributed by atoms with van der Waals surface area (Å²) in [6, 6.07) is 7.69. The third-order valence-corrected chi connectivity index (χ3v) is 2.88. The highest BCUT2D eigenvalue weighted by molar-refractivity contribution is 14.0. The van der Waals surface area contributed by atoms with Crippen molar-refractivity contribution in [3.8, 4) is 5.75 Å². The average Bonchev–Trinajstić information content (AvgIpc) is 2.51. The highest BCUT2D eigenvalue weighted by atomic mass is 127. The van der Waals surface area contributed by atoms with Crippen LogP contribution in [-0.2, 0) is 4.74 Å². The van der Waals surface area contributed by atoms with Crippen LogP contribution < -0.4 is 15.8 Å². The number of aliphatic imine (C=N–C) groups is 1. The van der Waals surface area contributed by atoms with Crippen molar-refractivity contribution in [1.29, 1.82) is 0 Å². The predicted octanol–water partition coefficient (Wildman–Crippen LogP) is 1.68. The van der Waals surface area contributed by atoms with Crippen LogP contribution in [0, 0.1) is 6.92 Å². The first-order chi connectivity index (χ1) is 10.6. The van der Waals surface area contributed by atoms with Crippen LogP contribution in [0.3, 0.4) is 0 Å². The Kier molecular flexibility index (Phi) is 12.8. The molecule has 0 aliphatic carbocycles. The van der Waals surface area contributed by atoms with Gasteiger partial charge in [-0.2, -0.15) is 0 Å². The molecule has 0 fully saturated rings. The van der Waals surface area contributed by atoms with Gasteiger partial charge in [-0.3, -0.25) is 4.99 Å². The molecule has 23 heavy (non-hydrogen) atoms. The Bertz CT molecular complexity index is 458. The van der Waals surface area contributed by atoms with Gasteiger partial charge >= 0.3 is 0 Å². The number of nitrogens with zero attached hydrogens (tertiary/aromatic N) is 1. The van der Waals surface area contributed by atoms with Gasteiger partial charge in [-0.05, 0) is 38.0 Å². The van der Waals surface area contributed by atoms with E-state index in [9.17, 15) is 5.11 Å². The fraction of sp³-hybridized carbons (Fsp3) is 0.562. The number of aliphatic hydroxyl groups is 1. The number of nitrogens with two attached hydrogens (primary N) is 1. The zero-order valence-electron chi connectivity index (χ0n) is 13.8. The summed E-state index contributed by atoms with van der Waals surface area (Å²) >= 11 is 0. The van der Waals surface area contributed by atoms with Gasteiger partial charge in [0.05, 0.1) is 6.54 Å². The van der Waals surface area contributed by atoms with Crippen LogP contribution in [0.25, 0.3) is 0 Å². The van der Waals surface area contributed by atoms with E-state index >= 15 is 0 Å². The largest absolute Gasteiger partial charge is 0.491 e. The molecular weight excluding hydrogens is 409 g/mol. The summed E-state index contributed by atoms with van der Waals surface area (Å²) in [4.78, 5) is 4.08. The zero-order valence-corrected chi connectivity index (χ0v) is 16.2. The molecule has 0 aliphatic rings. The van der Waals surface area contributed by atoms with Crippen molar-refractivity contribution in [2.75, 3.05) is 32.9 Å². The Labute approximate surface area is 155 Å². The Balaban J connectivity index is 0.00000484. The second-order valence-corrected chi connectivity index (χ2v) is 4.98. The minimum Gasteiger partial charge on any atom is -0.491 e. The summed E-state index contributed by atoms with van der Waals surface area (Å²) in [5, 5.41) is 12.8. The van der Waals surface area contributed by atoms with E-state index in [4.69, 9.17) is 15.2 Å². The monoisotopic (exact) mass is 437 g/mol. The van der Waals surface area contributed by atoms with E-state index in [1.807, 2.05) is 38.1 Å². The van der Waals surface area contributed by atoms with E-state index in [2.05, 4.69) is 10.3 Å². The van der Waals surface area contributed by atoms with Gasteiger partial charge in [-0.25, -0.2) is 0 Å². The number of halogens is 1. The van der Waals surface area contributed by atoms with E-state index < -0.39 is 6.10 Å². The molecule has 0 heterocycles. The first-order valence-electron chi connectivity index (χ1n) is 7.61. The summed E-state index contributed by atoms with van der Waals surface area (Å²) in [5.41, 5.74) is 6.83. The summed E-state index contributed by atoms with van der Waals surface area (Å²) in [5.74, 6) is 1.07. The first kappa shape index (κ1) is 21.9. The number of aliphatic hydroxyl groups excluding tert-OH is 1. The van der Waals surface area contributed by atoms with E-state index in [1.54, 1.807) is 0 Å². The molecule has 0 saturated heterocycles. The lowest BCUT2D eigenvalue weighted by atomic mass is 10.2. The number of ether oxygens (including phenoxy) is 2. The number of hydrogen-bond acceptors (Lipinski definition) is 4. The van der Waals surface area contributed by atoms with Gasteiger partial charge in [0, 0.05) is 19.8 Å². The molecular formula is C16H28IN3O3. The molecule has 0 radical (unpaired) electrons. The fourth-order valence-corrected chi connectivity index (χ4v) is 1.74. The molecule has 132 valence electrons. The van der Waals surface area contributed by atoms with Crippen molar-refractivity contribution >= 4 is 29.9 Å². The van der Waals surface area contributed by atoms with Gasteiger partial charge in [0.15, 0.2) is 5.96 Å². The van der Waals surface area contributed by atoms with Crippen LogP contribution in [0.2, 0.25) is 0 Å². The van der Waals surface area contributed by atoms with E-state index in [0.29, 0.717) is 19.1 Å². The Morgan fingerprint density at radius 3 is 2.91 bits per heavy atom. The standard InChI is InChI=1S/C16H27N3O3.HI/c1-3-21-9-5-8-18-16(17)19-11-14(20)12-22-15-7-4-6-13(2)10-15;/h4,6-7,10,14,20H,3,5,8-9,11-12H2,1-2H3,(H3,17,18,19);1H. The van der Waals surface area contributed by atoms with Crippen molar-refractivity contribution in [3.05, 3.63) is 29.8 Å². The van der Waals surface area contributed by atoms with Crippen LogP contribution >= 0.6 is 24.0 Å². The maximum absolute atomic E-state index is 9.83. The molecule has 6 nitrogen and oxygen atoms in total. The molecule has 1 aromatic rings. The molecule has 0 saturated carbocycles. The zero-order chi connectivity index (χ0) is 16.2. The van der Waals surface area contributed by atoms with Gasteiger partial charge in [-0.1, -0.05) is 12.1 Å². The van der Waals surface area contributed by atoms with Crippen molar-refractivity contribution in [3.63, 3.8) is 0 Å². The van der Waals surface area contributed by atoms with Crippen LogP contribution in [0.4, 0.5) is 0 Å². The van der Waals surface area contributed by atoms with Crippen molar-refractivity contribution in [2.24, 2.45) is 10.7 Å². The maximum Gasteiger partial charge on any atom is 0.188 e. The van der Waals surface area contributed by atoms with Crippen molar-refractivity contribution in [2.45, 2.75) is 26.4 Å². The van der Waals surface area contributed by atoms with Gasteiger partial charge in [0.25, 0.3) is 0 Å². The second kappa shape index (κ2) is 13.4. The van der Waals surface area contributed by atoms with Crippen LogP contribution in [0.5, 0.6) is 5.75 Å². The van der Waals surface area contributed by atoms with E-state index in [-0.39, 0.29) is 37.1 Å². The first-order valence-corrected chi connectivity index (χ1v) is 7.61. The molecule has 1 atom stereocenters. The molecule has 0 aliphatic heterocycles. The van der Waals surface area contributed by atoms with Gasteiger partial charge in [-0.15, -0.1) is 24.0 Å². The second-order valence-electron chi connectivity index (χ2n) is 4.98. The quantitative estimate of drug-likeness (QED) is 0.224. The van der Waals surface area contributed by atoms with Crippen molar-refractivity contribution in [1.82, 2.24) is 5.32 Å².